The van der Waals surface area contributed by atoms with Crippen molar-refractivity contribution < 1.29 is 9.59 Å². The van der Waals surface area contributed by atoms with Crippen LogP contribution < -0.4 is 16.0 Å². The van der Waals surface area contributed by atoms with E-state index in [2.05, 4.69) is 20.9 Å². The monoisotopic (exact) mass is 292 g/mol. The molecular weight excluding hydrogens is 268 g/mol. The zero-order valence-corrected chi connectivity index (χ0v) is 12.9. The largest absolute Gasteiger partial charge is 0.385 e. The van der Waals surface area contributed by atoms with Crippen LogP contribution in [0.4, 0.5) is 5.69 Å². The van der Waals surface area contributed by atoms with Gasteiger partial charge in [0.2, 0.25) is 5.91 Å². The molecule has 1 heterocycles. The maximum Gasteiger partial charge on any atom is 0.254 e. The zero-order valence-electron chi connectivity index (χ0n) is 12.9. The van der Waals surface area contributed by atoms with Gasteiger partial charge in [0.05, 0.1) is 11.3 Å². The quantitative estimate of drug-likeness (QED) is 0.679. The number of anilines is 1. The lowest BCUT2D eigenvalue weighted by molar-refractivity contribution is -0.121. The third-order valence-electron chi connectivity index (χ3n) is 3.09. The fourth-order valence-corrected chi connectivity index (χ4v) is 1.75. The first kappa shape index (κ1) is 16.9. The summed E-state index contributed by atoms with van der Waals surface area (Å²) in [5, 5.41) is 8.71. The second-order valence-corrected chi connectivity index (χ2v) is 4.83. The maximum atomic E-state index is 12.1. The Labute approximate surface area is 125 Å². The topological polar surface area (TPSA) is 83.1 Å². The Morgan fingerprint density at radius 2 is 2.10 bits per heavy atom. The summed E-state index contributed by atoms with van der Waals surface area (Å²) in [6.45, 7) is 6.96. The third kappa shape index (κ3) is 5.81. The van der Waals surface area contributed by atoms with Crippen molar-refractivity contribution in [1.29, 1.82) is 0 Å². The highest BCUT2D eigenvalue weighted by atomic mass is 16.2. The minimum atomic E-state index is -0.226. The van der Waals surface area contributed by atoms with Gasteiger partial charge in [-0.05, 0) is 26.3 Å². The standard InChI is InChI=1S/C15H24N4O2/c1-4-11(3)19-14(20)7-9-18-15(21)12-10-16-8-6-13(12)17-5-2/h6,8,10-11H,4-5,7,9H2,1-3H3,(H,16,17)(H,18,21)(H,19,20). The van der Waals surface area contributed by atoms with E-state index in [0.717, 1.165) is 18.7 Å². The van der Waals surface area contributed by atoms with Crippen LogP contribution in [0, 0.1) is 0 Å². The molecule has 0 radical (unpaired) electrons. The van der Waals surface area contributed by atoms with Crippen molar-refractivity contribution in [3.63, 3.8) is 0 Å². The second-order valence-electron chi connectivity index (χ2n) is 4.83. The number of rotatable bonds is 8. The number of pyridine rings is 1. The van der Waals surface area contributed by atoms with Crippen LogP contribution in [0.25, 0.3) is 0 Å². The van der Waals surface area contributed by atoms with Crippen molar-refractivity contribution in [1.82, 2.24) is 15.6 Å². The van der Waals surface area contributed by atoms with E-state index in [1.165, 1.54) is 6.20 Å². The van der Waals surface area contributed by atoms with E-state index < -0.39 is 0 Å². The number of amides is 2. The number of carbonyl (C=O) groups excluding carboxylic acids is 2. The third-order valence-corrected chi connectivity index (χ3v) is 3.09. The van der Waals surface area contributed by atoms with Crippen molar-refractivity contribution in [2.75, 3.05) is 18.4 Å². The molecule has 1 unspecified atom stereocenters. The summed E-state index contributed by atoms with van der Waals surface area (Å²) in [6, 6.07) is 1.92. The van der Waals surface area contributed by atoms with E-state index in [-0.39, 0.29) is 24.3 Å². The SMILES string of the molecule is CCNc1ccncc1C(=O)NCCC(=O)NC(C)CC. The Kier molecular flexibility index (Phi) is 7.21. The first-order valence-electron chi connectivity index (χ1n) is 7.33. The lowest BCUT2D eigenvalue weighted by Gasteiger charge is -2.12. The molecule has 1 aromatic heterocycles. The second kappa shape index (κ2) is 8.94. The number of hydrogen-bond acceptors (Lipinski definition) is 4. The Morgan fingerprint density at radius 1 is 1.33 bits per heavy atom. The minimum Gasteiger partial charge on any atom is -0.385 e. The van der Waals surface area contributed by atoms with Gasteiger partial charge >= 0.3 is 0 Å². The summed E-state index contributed by atoms with van der Waals surface area (Å²) in [7, 11) is 0. The number of aromatic nitrogens is 1. The van der Waals surface area contributed by atoms with E-state index in [0.29, 0.717) is 12.1 Å². The summed E-state index contributed by atoms with van der Waals surface area (Å²) in [5.41, 5.74) is 1.23. The average molecular weight is 292 g/mol. The van der Waals surface area contributed by atoms with Gasteiger partial charge in [-0.3, -0.25) is 14.6 Å². The van der Waals surface area contributed by atoms with Gasteiger partial charge in [0, 0.05) is 37.9 Å². The van der Waals surface area contributed by atoms with Gasteiger partial charge in [0.25, 0.3) is 5.91 Å². The van der Waals surface area contributed by atoms with Crippen molar-refractivity contribution >= 4 is 17.5 Å². The minimum absolute atomic E-state index is 0.0530. The Hall–Kier alpha value is -2.11. The van der Waals surface area contributed by atoms with Crippen LogP contribution in [-0.4, -0.2) is 35.9 Å². The van der Waals surface area contributed by atoms with Crippen molar-refractivity contribution in [3.8, 4) is 0 Å². The van der Waals surface area contributed by atoms with E-state index in [4.69, 9.17) is 0 Å². The molecule has 0 bridgehead atoms. The molecule has 0 aliphatic heterocycles. The van der Waals surface area contributed by atoms with E-state index in [1.54, 1.807) is 12.3 Å². The first-order valence-corrected chi connectivity index (χ1v) is 7.33. The molecule has 6 heteroatoms. The summed E-state index contributed by atoms with van der Waals surface area (Å²) in [5.74, 6) is -0.280. The molecule has 116 valence electrons. The Bertz CT molecular complexity index is 476. The molecule has 1 rings (SSSR count). The van der Waals surface area contributed by atoms with Crippen LogP contribution >= 0.6 is 0 Å². The lowest BCUT2D eigenvalue weighted by Crippen LogP contribution is -2.35. The molecule has 0 saturated carbocycles. The highest BCUT2D eigenvalue weighted by Gasteiger charge is 2.11. The van der Waals surface area contributed by atoms with Gasteiger partial charge in [0.1, 0.15) is 0 Å². The first-order chi connectivity index (χ1) is 10.1. The van der Waals surface area contributed by atoms with Gasteiger partial charge in [-0.1, -0.05) is 6.92 Å². The number of nitrogens with zero attached hydrogens (tertiary/aromatic N) is 1. The summed E-state index contributed by atoms with van der Waals surface area (Å²) < 4.78 is 0. The summed E-state index contributed by atoms with van der Waals surface area (Å²) in [6.07, 6.45) is 4.31. The maximum absolute atomic E-state index is 12.1. The van der Waals surface area contributed by atoms with Gasteiger partial charge < -0.3 is 16.0 Å². The highest BCUT2D eigenvalue weighted by molar-refractivity contribution is 5.99. The fourth-order valence-electron chi connectivity index (χ4n) is 1.75. The van der Waals surface area contributed by atoms with Crippen LogP contribution in [0.2, 0.25) is 0 Å². The fraction of sp³-hybridized carbons (Fsp3) is 0.533. The summed E-state index contributed by atoms with van der Waals surface area (Å²) >= 11 is 0. The molecule has 6 nitrogen and oxygen atoms in total. The molecule has 0 aromatic carbocycles. The van der Waals surface area contributed by atoms with Crippen molar-refractivity contribution in [2.45, 2.75) is 39.7 Å². The van der Waals surface area contributed by atoms with Crippen LogP contribution in [-0.2, 0) is 4.79 Å². The smallest absolute Gasteiger partial charge is 0.254 e. The predicted octanol–water partition coefficient (Wildman–Crippen LogP) is 1.55. The van der Waals surface area contributed by atoms with Crippen LogP contribution in [0.1, 0.15) is 44.0 Å². The highest BCUT2D eigenvalue weighted by Crippen LogP contribution is 2.12. The molecule has 1 aromatic rings. The van der Waals surface area contributed by atoms with Gasteiger partial charge in [0.15, 0.2) is 0 Å². The molecule has 0 spiro atoms. The van der Waals surface area contributed by atoms with E-state index >= 15 is 0 Å². The molecule has 1 atom stereocenters. The molecule has 3 N–H and O–H groups in total. The van der Waals surface area contributed by atoms with Gasteiger partial charge in [-0.15, -0.1) is 0 Å². The Balaban J connectivity index is 2.46. The van der Waals surface area contributed by atoms with Gasteiger partial charge in [-0.2, -0.15) is 0 Å². The molecule has 0 aliphatic rings. The lowest BCUT2D eigenvalue weighted by atomic mass is 10.2. The molecule has 0 saturated heterocycles. The molecule has 2 amide bonds. The van der Waals surface area contributed by atoms with E-state index in [1.807, 2.05) is 20.8 Å². The Morgan fingerprint density at radius 3 is 2.76 bits per heavy atom. The van der Waals surface area contributed by atoms with Crippen molar-refractivity contribution in [2.24, 2.45) is 0 Å². The number of carbonyl (C=O) groups is 2. The van der Waals surface area contributed by atoms with Crippen LogP contribution in [0.5, 0.6) is 0 Å². The summed E-state index contributed by atoms with van der Waals surface area (Å²) in [4.78, 5) is 27.7. The van der Waals surface area contributed by atoms with E-state index in [9.17, 15) is 9.59 Å². The molecule has 21 heavy (non-hydrogen) atoms. The molecule has 0 aliphatic carbocycles. The van der Waals surface area contributed by atoms with Crippen LogP contribution in [0.15, 0.2) is 18.5 Å². The normalized spacial score (nSPS) is 11.6. The number of hydrogen-bond donors (Lipinski definition) is 3. The average Bonchev–Trinajstić information content (AvgIpc) is 2.47. The molecular formula is C15H24N4O2. The predicted molar refractivity (Wildman–Crippen MR) is 83.2 cm³/mol. The van der Waals surface area contributed by atoms with Crippen LogP contribution in [0.3, 0.4) is 0 Å². The van der Waals surface area contributed by atoms with Gasteiger partial charge in [-0.25, -0.2) is 0 Å². The zero-order chi connectivity index (χ0) is 15.7. The molecule has 0 fully saturated rings. The number of nitrogens with one attached hydrogen (secondary N) is 3. The van der Waals surface area contributed by atoms with Crippen molar-refractivity contribution in [3.05, 3.63) is 24.0 Å².